The lowest BCUT2D eigenvalue weighted by atomic mass is 10.0. The number of aliphatic hydroxyl groups is 1. The topological polar surface area (TPSA) is 172 Å². The van der Waals surface area contributed by atoms with Crippen molar-refractivity contribution in [1.82, 2.24) is 20.8 Å². The van der Waals surface area contributed by atoms with Crippen LogP contribution in [-0.2, 0) is 9.63 Å². The Kier molecular flexibility index (Phi) is 7.10. The van der Waals surface area contributed by atoms with Crippen LogP contribution >= 0.6 is 0 Å². The van der Waals surface area contributed by atoms with Gasteiger partial charge in [0.1, 0.15) is 24.1 Å². The molecule has 2 amide bonds. The number of nitrogens with one attached hydrogen (secondary N) is 2. The summed E-state index contributed by atoms with van der Waals surface area (Å²) < 4.78 is 5.99. The molecule has 0 bridgehead atoms. The highest BCUT2D eigenvalue weighted by molar-refractivity contribution is 6.00. The second kappa shape index (κ2) is 9.81. The van der Waals surface area contributed by atoms with E-state index < -0.39 is 17.6 Å². The maximum Gasteiger partial charge on any atom is 0.284 e. The van der Waals surface area contributed by atoms with Gasteiger partial charge in [0.15, 0.2) is 5.82 Å². The summed E-state index contributed by atoms with van der Waals surface area (Å²) in [6.07, 6.45) is -0.185. The van der Waals surface area contributed by atoms with E-state index in [1.54, 1.807) is 31.2 Å². The van der Waals surface area contributed by atoms with Crippen molar-refractivity contribution >= 4 is 17.6 Å². The van der Waals surface area contributed by atoms with Crippen LogP contribution < -0.4 is 21.3 Å². The molecule has 1 aromatic heterocycles. The Labute approximate surface area is 190 Å². The standard InChI is InChI=1S/C22H26N6O5/c1-12(15-8-16(29)25-10-15)33-21-17(20(30)28-32-11-22(2,3)31)18(24)26-19(27-21)14-6-4-5-13(7-14)9-23/h4-7,12,15,31H,8,10-11H2,1-3H3,(H,25,29)(H,28,30)(H2,24,26,27)/t12-,15+/m0/s1. The van der Waals surface area contributed by atoms with Crippen LogP contribution in [0, 0.1) is 17.2 Å². The minimum absolute atomic E-state index is 0.0790. The molecule has 0 saturated carbocycles. The highest BCUT2D eigenvalue weighted by Crippen LogP contribution is 2.29. The average Bonchev–Trinajstić information content (AvgIpc) is 3.19. The number of hydrogen-bond acceptors (Lipinski definition) is 9. The van der Waals surface area contributed by atoms with Gasteiger partial charge >= 0.3 is 0 Å². The Morgan fingerprint density at radius 3 is 2.85 bits per heavy atom. The van der Waals surface area contributed by atoms with Gasteiger partial charge in [0.05, 0.1) is 17.2 Å². The van der Waals surface area contributed by atoms with Crippen molar-refractivity contribution in [2.24, 2.45) is 5.92 Å². The summed E-state index contributed by atoms with van der Waals surface area (Å²) >= 11 is 0. The summed E-state index contributed by atoms with van der Waals surface area (Å²) in [6, 6.07) is 8.66. The lowest BCUT2D eigenvalue weighted by Gasteiger charge is -2.22. The first-order chi connectivity index (χ1) is 15.6. The zero-order chi connectivity index (χ0) is 24.2. The van der Waals surface area contributed by atoms with E-state index in [1.165, 1.54) is 13.8 Å². The molecule has 174 valence electrons. The van der Waals surface area contributed by atoms with Crippen LogP contribution in [-0.4, -0.2) is 51.7 Å². The van der Waals surface area contributed by atoms with Crippen molar-refractivity contribution < 1.29 is 24.3 Å². The molecule has 3 rings (SSSR count). The van der Waals surface area contributed by atoms with E-state index in [2.05, 4.69) is 20.8 Å². The molecule has 0 unspecified atom stereocenters. The fourth-order valence-electron chi connectivity index (χ4n) is 3.17. The molecule has 1 fully saturated rings. The summed E-state index contributed by atoms with van der Waals surface area (Å²) in [4.78, 5) is 38.1. The van der Waals surface area contributed by atoms with E-state index in [4.69, 9.17) is 15.3 Å². The first-order valence-corrected chi connectivity index (χ1v) is 10.3. The van der Waals surface area contributed by atoms with Gasteiger partial charge in [-0.1, -0.05) is 12.1 Å². The van der Waals surface area contributed by atoms with Crippen LogP contribution in [0.15, 0.2) is 24.3 Å². The molecular formula is C22H26N6O5. The normalized spacial score (nSPS) is 16.6. The van der Waals surface area contributed by atoms with Crippen molar-refractivity contribution in [3.05, 3.63) is 35.4 Å². The fraction of sp³-hybridized carbons (Fsp3) is 0.409. The Morgan fingerprint density at radius 1 is 1.45 bits per heavy atom. The first kappa shape index (κ1) is 23.9. The average molecular weight is 454 g/mol. The predicted octanol–water partition coefficient (Wildman–Crippen LogP) is 0.933. The SMILES string of the molecule is C[C@H](Oc1nc(-c2cccc(C#N)c2)nc(N)c1C(=O)NOCC(C)(C)O)[C@H]1CNC(=O)C1. The van der Waals surface area contributed by atoms with Gasteiger partial charge in [-0.15, -0.1) is 0 Å². The zero-order valence-corrected chi connectivity index (χ0v) is 18.6. The summed E-state index contributed by atoms with van der Waals surface area (Å²) in [6.45, 7) is 5.09. The van der Waals surface area contributed by atoms with Crippen molar-refractivity contribution in [1.29, 1.82) is 5.26 Å². The number of nitriles is 1. The quantitative estimate of drug-likeness (QED) is 0.423. The van der Waals surface area contributed by atoms with Gasteiger partial charge in [0.2, 0.25) is 11.8 Å². The smallest absolute Gasteiger partial charge is 0.284 e. The van der Waals surface area contributed by atoms with Crippen LogP contribution in [0.3, 0.4) is 0 Å². The predicted molar refractivity (Wildman–Crippen MR) is 118 cm³/mol. The van der Waals surface area contributed by atoms with E-state index in [-0.39, 0.29) is 47.9 Å². The molecule has 1 saturated heterocycles. The molecule has 0 radical (unpaired) electrons. The highest BCUT2D eigenvalue weighted by Gasteiger charge is 2.31. The summed E-state index contributed by atoms with van der Waals surface area (Å²) in [5, 5.41) is 21.7. The molecule has 5 N–H and O–H groups in total. The molecule has 2 atom stereocenters. The molecular weight excluding hydrogens is 428 g/mol. The Hall–Kier alpha value is -3.75. The number of hydrogen-bond donors (Lipinski definition) is 4. The second-order valence-electron chi connectivity index (χ2n) is 8.43. The Balaban J connectivity index is 1.95. The first-order valence-electron chi connectivity index (χ1n) is 10.3. The number of hydroxylamine groups is 1. The summed E-state index contributed by atoms with van der Waals surface area (Å²) in [5.41, 5.74) is 7.94. The minimum Gasteiger partial charge on any atom is -0.474 e. The van der Waals surface area contributed by atoms with Crippen molar-refractivity contribution in [2.45, 2.75) is 38.9 Å². The number of carbonyl (C=O) groups is 2. The molecule has 2 heterocycles. The van der Waals surface area contributed by atoms with Crippen LogP contribution in [0.4, 0.5) is 5.82 Å². The van der Waals surface area contributed by atoms with Crippen molar-refractivity contribution in [2.75, 3.05) is 18.9 Å². The van der Waals surface area contributed by atoms with Crippen LogP contribution in [0.5, 0.6) is 5.88 Å². The van der Waals surface area contributed by atoms with Gasteiger partial charge in [0.25, 0.3) is 5.91 Å². The van der Waals surface area contributed by atoms with Crippen molar-refractivity contribution in [3.63, 3.8) is 0 Å². The molecule has 1 aliphatic heterocycles. The number of benzene rings is 1. The number of aromatic nitrogens is 2. The van der Waals surface area contributed by atoms with Crippen molar-refractivity contribution in [3.8, 4) is 23.3 Å². The van der Waals surface area contributed by atoms with Crippen LogP contribution in [0.25, 0.3) is 11.4 Å². The highest BCUT2D eigenvalue weighted by atomic mass is 16.7. The third-order valence-corrected chi connectivity index (χ3v) is 4.94. The van der Waals surface area contributed by atoms with E-state index in [1.807, 2.05) is 6.07 Å². The molecule has 2 aromatic rings. The third kappa shape index (κ3) is 6.15. The second-order valence-corrected chi connectivity index (χ2v) is 8.43. The van der Waals surface area contributed by atoms with Gasteiger partial charge in [0, 0.05) is 24.4 Å². The third-order valence-electron chi connectivity index (χ3n) is 4.94. The monoisotopic (exact) mass is 454 g/mol. The number of nitrogens with two attached hydrogens (primary N) is 1. The number of nitrogens with zero attached hydrogens (tertiary/aromatic N) is 3. The molecule has 33 heavy (non-hydrogen) atoms. The van der Waals surface area contributed by atoms with E-state index in [0.29, 0.717) is 17.7 Å². The van der Waals surface area contributed by atoms with Gasteiger partial charge < -0.3 is 20.9 Å². The maximum absolute atomic E-state index is 12.8. The molecule has 11 nitrogen and oxygen atoms in total. The number of anilines is 1. The zero-order valence-electron chi connectivity index (χ0n) is 18.6. The number of ether oxygens (including phenoxy) is 1. The molecule has 1 aliphatic rings. The van der Waals surface area contributed by atoms with E-state index in [0.717, 1.165) is 0 Å². The largest absolute Gasteiger partial charge is 0.474 e. The van der Waals surface area contributed by atoms with Gasteiger partial charge in [-0.3, -0.25) is 14.4 Å². The van der Waals surface area contributed by atoms with Crippen LogP contribution in [0.1, 0.15) is 43.1 Å². The molecule has 0 spiro atoms. The summed E-state index contributed by atoms with van der Waals surface area (Å²) in [7, 11) is 0. The lowest BCUT2D eigenvalue weighted by Crippen LogP contribution is -2.34. The molecule has 0 aliphatic carbocycles. The van der Waals surface area contributed by atoms with Gasteiger partial charge in [-0.05, 0) is 32.9 Å². The van der Waals surface area contributed by atoms with E-state index in [9.17, 15) is 20.0 Å². The number of nitrogen functional groups attached to an aromatic ring is 1. The molecule has 1 aromatic carbocycles. The van der Waals surface area contributed by atoms with E-state index >= 15 is 0 Å². The number of carbonyl (C=O) groups excluding carboxylic acids is 2. The van der Waals surface area contributed by atoms with Gasteiger partial charge in [-0.25, -0.2) is 10.5 Å². The molecule has 11 heteroatoms. The Bertz CT molecular complexity index is 1090. The fourth-order valence-corrected chi connectivity index (χ4v) is 3.17. The number of amides is 2. The van der Waals surface area contributed by atoms with Gasteiger partial charge in [-0.2, -0.15) is 10.2 Å². The van der Waals surface area contributed by atoms with Crippen LogP contribution in [0.2, 0.25) is 0 Å². The summed E-state index contributed by atoms with van der Waals surface area (Å²) in [5.74, 6) is -1.03. The minimum atomic E-state index is -1.17. The maximum atomic E-state index is 12.8. The number of rotatable bonds is 8. The Morgan fingerprint density at radius 2 is 2.21 bits per heavy atom. The lowest BCUT2D eigenvalue weighted by molar-refractivity contribution is -0.119.